The van der Waals surface area contributed by atoms with Crippen molar-refractivity contribution in [3.63, 3.8) is 0 Å². The molecular formula is C16H28N2O2. The van der Waals surface area contributed by atoms with E-state index in [1.54, 1.807) is 0 Å². The van der Waals surface area contributed by atoms with Crippen molar-refractivity contribution in [3.8, 4) is 0 Å². The second-order valence-electron chi connectivity index (χ2n) is 6.24. The number of hydrogen-bond donors (Lipinski definition) is 1. The number of nitrogens with zero attached hydrogens (tertiary/aromatic N) is 1. The summed E-state index contributed by atoms with van der Waals surface area (Å²) in [5, 5.41) is 2.90. The Labute approximate surface area is 122 Å². The van der Waals surface area contributed by atoms with Crippen LogP contribution in [0.5, 0.6) is 0 Å². The van der Waals surface area contributed by atoms with Gasteiger partial charge in [-0.25, -0.2) is 0 Å². The first-order chi connectivity index (χ1) is 9.67. The molecule has 0 radical (unpaired) electrons. The van der Waals surface area contributed by atoms with Gasteiger partial charge in [0.2, 0.25) is 11.8 Å². The minimum Gasteiger partial charge on any atom is -0.343 e. The molecule has 1 heterocycles. The van der Waals surface area contributed by atoms with Crippen molar-refractivity contribution in [2.24, 2.45) is 5.92 Å². The smallest absolute Gasteiger partial charge is 0.245 e. The maximum absolute atomic E-state index is 12.5. The summed E-state index contributed by atoms with van der Waals surface area (Å²) in [5.41, 5.74) is 0. The van der Waals surface area contributed by atoms with Crippen LogP contribution in [0.25, 0.3) is 0 Å². The summed E-state index contributed by atoms with van der Waals surface area (Å²) in [6, 6.07) is -0.545. The van der Waals surface area contributed by atoms with E-state index in [1.807, 2.05) is 18.7 Å². The van der Waals surface area contributed by atoms with Gasteiger partial charge in [-0.1, -0.05) is 46.0 Å². The largest absolute Gasteiger partial charge is 0.343 e. The molecule has 1 N–H and O–H groups in total. The number of piperazine rings is 1. The zero-order valence-corrected chi connectivity index (χ0v) is 12.9. The minimum atomic E-state index is -0.293. The zero-order chi connectivity index (χ0) is 14.5. The van der Waals surface area contributed by atoms with E-state index in [9.17, 15) is 9.59 Å². The fourth-order valence-electron chi connectivity index (χ4n) is 3.60. The van der Waals surface area contributed by atoms with Gasteiger partial charge in [-0.2, -0.15) is 0 Å². The van der Waals surface area contributed by atoms with Crippen LogP contribution in [0, 0.1) is 5.92 Å². The predicted molar refractivity (Wildman–Crippen MR) is 79.2 cm³/mol. The highest BCUT2D eigenvalue weighted by atomic mass is 16.2. The second kappa shape index (κ2) is 7.09. The highest BCUT2D eigenvalue weighted by Crippen LogP contribution is 2.28. The molecule has 2 atom stereocenters. The van der Waals surface area contributed by atoms with E-state index in [1.165, 1.54) is 25.7 Å². The molecular weight excluding hydrogens is 252 g/mol. The van der Waals surface area contributed by atoms with Crippen LogP contribution >= 0.6 is 0 Å². The molecule has 0 aromatic rings. The van der Waals surface area contributed by atoms with Gasteiger partial charge in [0, 0.05) is 6.54 Å². The molecule has 1 aliphatic carbocycles. The van der Waals surface area contributed by atoms with E-state index in [0.29, 0.717) is 6.42 Å². The van der Waals surface area contributed by atoms with E-state index in [-0.39, 0.29) is 23.9 Å². The van der Waals surface area contributed by atoms with Crippen LogP contribution in [-0.4, -0.2) is 35.3 Å². The molecule has 1 saturated carbocycles. The Morgan fingerprint density at radius 3 is 2.45 bits per heavy atom. The van der Waals surface area contributed by atoms with Crippen molar-refractivity contribution >= 4 is 11.8 Å². The van der Waals surface area contributed by atoms with Crippen molar-refractivity contribution in [3.05, 3.63) is 0 Å². The molecule has 1 saturated heterocycles. The van der Waals surface area contributed by atoms with Gasteiger partial charge in [0.15, 0.2) is 0 Å². The van der Waals surface area contributed by atoms with Gasteiger partial charge in [0.1, 0.15) is 12.1 Å². The fraction of sp³-hybridized carbons (Fsp3) is 0.875. The Bertz CT molecular complexity index is 350. The third-order valence-electron chi connectivity index (χ3n) is 4.79. The van der Waals surface area contributed by atoms with Crippen LogP contribution in [0.1, 0.15) is 65.2 Å². The van der Waals surface area contributed by atoms with Gasteiger partial charge < -0.3 is 10.2 Å². The van der Waals surface area contributed by atoms with Crippen LogP contribution in [0.3, 0.4) is 0 Å². The van der Waals surface area contributed by atoms with E-state index in [4.69, 9.17) is 0 Å². The molecule has 0 aromatic carbocycles. The number of hydrogen-bond acceptors (Lipinski definition) is 2. The quantitative estimate of drug-likeness (QED) is 0.812. The number of nitrogens with one attached hydrogen (secondary N) is 1. The fourth-order valence-corrected chi connectivity index (χ4v) is 3.60. The van der Waals surface area contributed by atoms with Crippen molar-refractivity contribution in [2.75, 3.05) is 6.54 Å². The highest BCUT2D eigenvalue weighted by molar-refractivity contribution is 5.96. The molecule has 2 rings (SSSR count). The van der Waals surface area contributed by atoms with Gasteiger partial charge in [-0.05, 0) is 25.2 Å². The molecule has 2 unspecified atom stereocenters. The molecule has 2 aliphatic rings. The Morgan fingerprint density at radius 1 is 1.15 bits per heavy atom. The number of rotatable bonds is 6. The highest BCUT2D eigenvalue weighted by Gasteiger charge is 2.38. The van der Waals surface area contributed by atoms with Crippen LogP contribution in [0.15, 0.2) is 0 Å². The Hall–Kier alpha value is -1.06. The Kier molecular flexibility index (Phi) is 5.44. The number of amides is 2. The van der Waals surface area contributed by atoms with Gasteiger partial charge in [-0.3, -0.25) is 9.59 Å². The van der Waals surface area contributed by atoms with Gasteiger partial charge in [-0.15, -0.1) is 0 Å². The SMILES string of the molecule is CCCC1NC(=O)C(CC)N(CCC2CCCC2)C1=O. The molecule has 1 aliphatic heterocycles. The lowest BCUT2D eigenvalue weighted by Crippen LogP contribution is -2.63. The predicted octanol–water partition coefficient (Wildman–Crippen LogP) is 2.47. The topological polar surface area (TPSA) is 49.4 Å². The maximum Gasteiger partial charge on any atom is 0.245 e. The molecule has 114 valence electrons. The molecule has 2 amide bonds. The first kappa shape index (κ1) is 15.3. The summed E-state index contributed by atoms with van der Waals surface area (Å²) in [6.45, 7) is 4.80. The molecule has 0 aromatic heterocycles. The average molecular weight is 280 g/mol. The van der Waals surface area contributed by atoms with E-state index in [2.05, 4.69) is 5.32 Å². The molecule has 4 heteroatoms. The standard InChI is InChI=1S/C16H28N2O2/c1-3-7-13-16(20)18(14(4-2)15(19)17-13)11-10-12-8-5-6-9-12/h12-14H,3-11H2,1-2H3,(H,17,19). The number of carbonyl (C=O) groups excluding carboxylic acids is 2. The van der Waals surface area contributed by atoms with Crippen LogP contribution in [0.4, 0.5) is 0 Å². The van der Waals surface area contributed by atoms with E-state index < -0.39 is 0 Å². The lowest BCUT2D eigenvalue weighted by molar-refractivity contribution is -0.149. The summed E-state index contributed by atoms with van der Waals surface area (Å²) in [4.78, 5) is 26.6. The van der Waals surface area contributed by atoms with Gasteiger partial charge in [0.05, 0.1) is 0 Å². The Balaban J connectivity index is 1.99. The van der Waals surface area contributed by atoms with Crippen molar-refractivity contribution in [1.82, 2.24) is 10.2 Å². The van der Waals surface area contributed by atoms with Crippen molar-refractivity contribution in [2.45, 2.75) is 77.3 Å². The van der Waals surface area contributed by atoms with Crippen LogP contribution in [-0.2, 0) is 9.59 Å². The summed E-state index contributed by atoms with van der Waals surface area (Å²) in [6.07, 6.45) is 8.69. The van der Waals surface area contributed by atoms with Crippen molar-refractivity contribution < 1.29 is 9.59 Å². The lowest BCUT2D eigenvalue weighted by Gasteiger charge is -2.39. The number of carbonyl (C=O) groups is 2. The van der Waals surface area contributed by atoms with Crippen LogP contribution < -0.4 is 5.32 Å². The molecule has 4 nitrogen and oxygen atoms in total. The second-order valence-corrected chi connectivity index (χ2v) is 6.24. The zero-order valence-electron chi connectivity index (χ0n) is 12.9. The maximum atomic E-state index is 12.5. The van der Waals surface area contributed by atoms with Crippen molar-refractivity contribution in [1.29, 1.82) is 0 Å². The summed E-state index contributed by atoms with van der Waals surface area (Å²) in [5.74, 6) is 0.934. The van der Waals surface area contributed by atoms with E-state index >= 15 is 0 Å². The lowest BCUT2D eigenvalue weighted by atomic mass is 9.99. The van der Waals surface area contributed by atoms with E-state index in [0.717, 1.165) is 31.7 Å². The third kappa shape index (κ3) is 3.33. The summed E-state index contributed by atoms with van der Waals surface area (Å²) >= 11 is 0. The molecule has 2 fully saturated rings. The molecule has 20 heavy (non-hydrogen) atoms. The molecule has 0 spiro atoms. The van der Waals surface area contributed by atoms with Gasteiger partial charge in [0.25, 0.3) is 0 Å². The third-order valence-corrected chi connectivity index (χ3v) is 4.79. The summed E-state index contributed by atoms with van der Waals surface area (Å²) in [7, 11) is 0. The monoisotopic (exact) mass is 280 g/mol. The first-order valence-electron chi connectivity index (χ1n) is 8.28. The first-order valence-corrected chi connectivity index (χ1v) is 8.28. The van der Waals surface area contributed by atoms with Gasteiger partial charge >= 0.3 is 0 Å². The minimum absolute atomic E-state index is 0.0389. The average Bonchev–Trinajstić information content (AvgIpc) is 2.94. The Morgan fingerprint density at radius 2 is 1.85 bits per heavy atom. The normalized spacial score (nSPS) is 28.0. The summed E-state index contributed by atoms with van der Waals surface area (Å²) < 4.78 is 0. The van der Waals surface area contributed by atoms with Crippen LogP contribution in [0.2, 0.25) is 0 Å². The molecule has 0 bridgehead atoms.